The van der Waals surface area contributed by atoms with E-state index in [1.807, 2.05) is 41.9 Å². The van der Waals surface area contributed by atoms with E-state index in [0.29, 0.717) is 10.8 Å². The SMILES string of the molecule is Cc1cn2cc(Br)cc(Oc3ccc(Cl)cc3)c2n1. The molecule has 0 bridgehead atoms. The Bertz CT molecular complexity index is 737. The molecule has 2 heterocycles. The van der Waals surface area contributed by atoms with Crippen LogP contribution in [0.4, 0.5) is 0 Å². The monoisotopic (exact) mass is 336 g/mol. The first-order chi connectivity index (χ1) is 9.11. The molecule has 0 aliphatic carbocycles. The van der Waals surface area contributed by atoms with Crippen molar-refractivity contribution in [3.8, 4) is 11.5 Å². The van der Waals surface area contributed by atoms with E-state index in [9.17, 15) is 0 Å². The molecule has 5 heteroatoms. The number of benzene rings is 1. The van der Waals surface area contributed by atoms with Crippen molar-refractivity contribution < 1.29 is 4.74 Å². The molecule has 3 rings (SSSR count). The molecule has 2 aromatic heterocycles. The third kappa shape index (κ3) is 2.60. The summed E-state index contributed by atoms with van der Waals surface area (Å²) in [5.74, 6) is 1.43. The minimum absolute atomic E-state index is 0.684. The lowest BCUT2D eigenvalue weighted by Crippen LogP contribution is -1.90. The van der Waals surface area contributed by atoms with Crippen LogP contribution in [0.15, 0.2) is 47.2 Å². The van der Waals surface area contributed by atoms with Crippen molar-refractivity contribution in [2.45, 2.75) is 6.92 Å². The van der Waals surface area contributed by atoms with Crippen molar-refractivity contribution in [3.63, 3.8) is 0 Å². The average Bonchev–Trinajstić information content (AvgIpc) is 2.72. The molecule has 0 unspecified atom stereocenters. The van der Waals surface area contributed by atoms with Crippen LogP contribution in [-0.2, 0) is 0 Å². The van der Waals surface area contributed by atoms with E-state index < -0.39 is 0 Å². The summed E-state index contributed by atoms with van der Waals surface area (Å²) in [4.78, 5) is 4.46. The van der Waals surface area contributed by atoms with Crippen molar-refractivity contribution in [2.75, 3.05) is 0 Å². The van der Waals surface area contributed by atoms with Gasteiger partial charge in [0.05, 0.1) is 5.69 Å². The van der Waals surface area contributed by atoms with Gasteiger partial charge < -0.3 is 9.14 Å². The highest BCUT2D eigenvalue weighted by atomic mass is 79.9. The third-order valence-corrected chi connectivity index (χ3v) is 3.33. The zero-order valence-electron chi connectivity index (χ0n) is 10.1. The Labute approximate surface area is 123 Å². The normalized spacial score (nSPS) is 10.9. The number of hydrogen-bond acceptors (Lipinski definition) is 2. The molecule has 0 radical (unpaired) electrons. The second kappa shape index (κ2) is 4.87. The molecular weight excluding hydrogens is 328 g/mol. The highest BCUT2D eigenvalue weighted by Crippen LogP contribution is 2.29. The number of aromatic nitrogens is 2. The van der Waals surface area contributed by atoms with Gasteiger partial charge in [-0.05, 0) is 47.1 Å². The van der Waals surface area contributed by atoms with Crippen molar-refractivity contribution >= 4 is 33.2 Å². The Hall–Kier alpha value is -1.52. The van der Waals surface area contributed by atoms with E-state index >= 15 is 0 Å². The van der Waals surface area contributed by atoms with Gasteiger partial charge in [-0.15, -0.1) is 0 Å². The molecular formula is C14H10BrClN2O. The van der Waals surface area contributed by atoms with Gasteiger partial charge in [0.2, 0.25) is 0 Å². The zero-order valence-corrected chi connectivity index (χ0v) is 12.4. The summed E-state index contributed by atoms with van der Waals surface area (Å²) in [7, 11) is 0. The topological polar surface area (TPSA) is 26.5 Å². The lowest BCUT2D eigenvalue weighted by atomic mass is 10.3. The van der Waals surface area contributed by atoms with Gasteiger partial charge in [0.15, 0.2) is 11.4 Å². The predicted octanol–water partition coefficient (Wildman–Crippen LogP) is 4.85. The number of nitrogens with zero attached hydrogens (tertiary/aromatic N) is 2. The van der Waals surface area contributed by atoms with E-state index in [1.54, 1.807) is 12.1 Å². The van der Waals surface area contributed by atoms with Gasteiger partial charge in [-0.3, -0.25) is 0 Å². The smallest absolute Gasteiger partial charge is 0.180 e. The first-order valence-corrected chi connectivity index (χ1v) is 6.87. The summed E-state index contributed by atoms with van der Waals surface area (Å²) < 4.78 is 8.74. The zero-order chi connectivity index (χ0) is 13.4. The second-order valence-corrected chi connectivity index (χ2v) is 5.54. The van der Waals surface area contributed by atoms with Gasteiger partial charge in [0.25, 0.3) is 0 Å². The van der Waals surface area contributed by atoms with Crippen molar-refractivity contribution in [1.29, 1.82) is 0 Å². The number of halogens is 2. The summed E-state index contributed by atoms with van der Waals surface area (Å²) in [6, 6.07) is 9.15. The maximum absolute atomic E-state index is 5.87. The summed E-state index contributed by atoms with van der Waals surface area (Å²) in [6.45, 7) is 1.95. The second-order valence-electron chi connectivity index (χ2n) is 4.19. The van der Waals surface area contributed by atoms with Crippen molar-refractivity contribution in [2.24, 2.45) is 0 Å². The maximum atomic E-state index is 5.87. The number of ether oxygens (including phenoxy) is 1. The molecule has 0 aliphatic heterocycles. The molecule has 0 saturated heterocycles. The van der Waals surface area contributed by atoms with Crippen LogP contribution in [0.25, 0.3) is 5.65 Å². The number of rotatable bonds is 2. The van der Waals surface area contributed by atoms with Gasteiger partial charge in [-0.2, -0.15) is 0 Å². The molecule has 1 aromatic carbocycles. The molecule has 0 fully saturated rings. The van der Waals surface area contributed by atoms with Crippen LogP contribution in [0.2, 0.25) is 5.02 Å². The lowest BCUT2D eigenvalue weighted by Gasteiger charge is -2.07. The molecule has 0 saturated carbocycles. The molecule has 96 valence electrons. The Morgan fingerprint density at radius 3 is 2.68 bits per heavy atom. The van der Waals surface area contributed by atoms with E-state index in [4.69, 9.17) is 16.3 Å². The summed E-state index contributed by atoms with van der Waals surface area (Å²) in [5.41, 5.74) is 1.73. The van der Waals surface area contributed by atoms with E-state index in [2.05, 4.69) is 20.9 Å². The maximum Gasteiger partial charge on any atom is 0.180 e. The van der Waals surface area contributed by atoms with Gasteiger partial charge in [0.1, 0.15) is 5.75 Å². The van der Waals surface area contributed by atoms with Crippen LogP contribution >= 0.6 is 27.5 Å². The number of pyridine rings is 1. The molecule has 0 N–H and O–H groups in total. The summed E-state index contributed by atoms with van der Waals surface area (Å²) in [5, 5.41) is 0.684. The largest absolute Gasteiger partial charge is 0.453 e. The van der Waals surface area contributed by atoms with Gasteiger partial charge in [-0.1, -0.05) is 11.6 Å². The van der Waals surface area contributed by atoms with E-state index in [0.717, 1.165) is 21.6 Å². The lowest BCUT2D eigenvalue weighted by molar-refractivity contribution is 0.484. The van der Waals surface area contributed by atoms with E-state index in [-0.39, 0.29) is 0 Å². The average molecular weight is 338 g/mol. The van der Waals surface area contributed by atoms with Crippen LogP contribution in [0, 0.1) is 6.92 Å². The Morgan fingerprint density at radius 2 is 1.95 bits per heavy atom. The highest BCUT2D eigenvalue weighted by Gasteiger charge is 2.08. The molecule has 19 heavy (non-hydrogen) atoms. The minimum Gasteiger partial charge on any atom is -0.453 e. The standard InChI is InChI=1S/C14H10BrClN2O/c1-9-7-18-8-10(15)6-13(14(18)17-9)19-12-4-2-11(16)3-5-12/h2-8H,1H3. The first kappa shape index (κ1) is 12.5. The number of hydrogen-bond donors (Lipinski definition) is 0. The highest BCUT2D eigenvalue weighted by molar-refractivity contribution is 9.10. The Morgan fingerprint density at radius 1 is 1.21 bits per heavy atom. The van der Waals surface area contributed by atoms with Crippen LogP contribution in [0.5, 0.6) is 11.5 Å². The van der Waals surface area contributed by atoms with Gasteiger partial charge in [-0.25, -0.2) is 4.98 Å². The van der Waals surface area contributed by atoms with E-state index in [1.165, 1.54) is 0 Å². The van der Waals surface area contributed by atoms with Crippen molar-refractivity contribution in [3.05, 3.63) is 57.9 Å². The molecule has 0 amide bonds. The van der Waals surface area contributed by atoms with Gasteiger partial charge >= 0.3 is 0 Å². The molecule has 0 atom stereocenters. The fraction of sp³-hybridized carbons (Fsp3) is 0.0714. The summed E-state index contributed by atoms with van der Waals surface area (Å²) >= 11 is 9.33. The van der Waals surface area contributed by atoms with Gasteiger partial charge in [0, 0.05) is 28.0 Å². The minimum atomic E-state index is 0.684. The fourth-order valence-corrected chi connectivity index (χ4v) is 2.42. The molecule has 0 aliphatic rings. The van der Waals surface area contributed by atoms with Crippen LogP contribution in [0.3, 0.4) is 0 Å². The van der Waals surface area contributed by atoms with Crippen LogP contribution < -0.4 is 4.74 Å². The Balaban J connectivity index is 2.06. The number of imidazole rings is 1. The number of aryl methyl sites for hydroxylation is 1. The third-order valence-electron chi connectivity index (χ3n) is 2.65. The quantitative estimate of drug-likeness (QED) is 0.668. The number of fused-ring (bicyclic) bond motifs is 1. The fourth-order valence-electron chi connectivity index (χ4n) is 1.86. The summed E-state index contributed by atoms with van der Waals surface area (Å²) in [6.07, 6.45) is 3.90. The van der Waals surface area contributed by atoms with Crippen LogP contribution in [0.1, 0.15) is 5.69 Å². The molecule has 0 spiro atoms. The van der Waals surface area contributed by atoms with Crippen LogP contribution in [-0.4, -0.2) is 9.38 Å². The molecule has 3 nitrogen and oxygen atoms in total. The Kier molecular flexibility index (Phi) is 3.21. The van der Waals surface area contributed by atoms with Crippen molar-refractivity contribution in [1.82, 2.24) is 9.38 Å². The predicted molar refractivity (Wildman–Crippen MR) is 79.2 cm³/mol. The first-order valence-electron chi connectivity index (χ1n) is 5.70. The molecule has 3 aromatic rings.